The maximum Gasteiger partial charge on any atom is 0.271 e. The van der Waals surface area contributed by atoms with Crippen LogP contribution >= 0.6 is 0 Å². The zero-order chi connectivity index (χ0) is 19.2. The molecule has 1 aromatic carbocycles. The van der Waals surface area contributed by atoms with Gasteiger partial charge in [-0.2, -0.15) is 0 Å². The lowest BCUT2D eigenvalue weighted by Gasteiger charge is -2.23. The third-order valence-corrected chi connectivity index (χ3v) is 3.96. The van der Waals surface area contributed by atoms with Crippen LogP contribution in [-0.2, 0) is 5.41 Å². The van der Waals surface area contributed by atoms with Crippen LogP contribution in [0.2, 0.25) is 0 Å². The van der Waals surface area contributed by atoms with Crippen molar-refractivity contribution in [1.29, 1.82) is 0 Å². The minimum Gasteiger partial charge on any atom is -0.351 e. The minimum absolute atomic E-state index is 0.0173. The van der Waals surface area contributed by atoms with Crippen LogP contribution in [0.25, 0.3) is 0 Å². The summed E-state index contributed by atoms with van der Waals surface area (Å²) < 4.78 is 0. The molecule has 1 heterocycles. The van der Waals surface area contributed by atoms with E-state index in [0.29, 0.717) is 18.1 Å². The van der Waals surface area contributed by atoms with Gasteiger partial charge in [0.1, 0.15) is 0 Å². The summed E-state index contributed by atoms with van der Waals surface area (Å²) in [5.74, 6) is 0.420. The summed E-state index contributed by atoms with van der Waals surface area (Å²) in [6.07, 6.45) is 0.898. The van der Waals surface area contributed by atoms with Crippen molar-refractivity contribution in [3.63, 3.8) is 0 Å². The third kappa shape index (κ3) is 5.81. The van der Waals surface area contributed by atoms with Gasteiger partial charge in [-0.05, 0) is 56.2 Å². The summed E-state index contributed by atoms with van der Waals surface area (Å²) in [5, 5.41) is 14.4. The third-order valence-electron chi connectivity index (χ3n) is 3.96. The van der Waals surface area contributed by atoms with Gasteiger partial charge in [0.25, 0.3) is 5.91 Å². The summed E-state index contributed by atoms with van der Waals surface area (Å²) in [6.45, 7) is 8.06. The number of amides is 1. The van der Waals surface area contributed by atoms with Gasteiger partial charge in [-0.3, -0.25) is 4.79 Å². The number of carbonyl (C=O) groups is 1. The highest BCUT2D eigenvalue weighted by Crippen LogP contribution is 2.30. The standard InChI is InChI=1S/C20H29N5O/c1-20(2,3)15-9-6-7-10-16(15)22-18-12-11-17(23-24-18)19(26)21-13-8-14-25(4)5/h6-7,9-12H,8,13-14H2,1-5H3,(H,21,26)(H,22,24). The largest absolute Gasteiger partial charge is 0.351 e. The first-order valence-electron chi connectivity index (χ1n) is 8.90. The zero-order valence-electron chi connectivity index (χ0n) is 16.3. The molecule has 6 heteroatoms. The van der Waals surface area contributed by atoms with Gasteiger partial charge in [0.2, 0.25) is 0 Å². The van der Waals surface area contributed by atoms with Crippen molar-refractivity contribution < 1.29 is 4.79 Å². The molecule has 0 aliphatic heterocycles. The number of nitrogens with zero attached hydrogens (tertiary/aromatic N) is 3. The molecule has 1 aromatic heterocycles. The molecular formula is C20H29N5O. The Hall–Kier alpha value is -2.47. The van der Waals surface area contributed by atoms with E-state index in [1.165, 1.54) is 5.56 Å². The number of carbonyl (C=O) groups excluding carboxylic acids is 1. The van der Waals surface area contributed by atoms with Crippen LogP contribution < -0.4 is 10.6 Å². The van der Waals surface area contributed by atoms with Crippen LogP contribution in [0, 0.1) is 0 Å². The molecule has 0 aliphatic rings. The number of benzene rings is 1. The van der Waals surface area contributed by atoms with E-state index < -0.39 is 0 Å². The van der Waals surface area contributed by atoms with Gasteiger partial charge in [-0.15, -0.1) is 10.2 Å². The Morgan fingerprint density at radius 3 is 2.42 bits per heavy atom. The summed E-state index contributed by atoms with van der Waals surface area (Å²) in [5.41, 5.74) is 2.54. The average molecular weight is 355 g/mol. The van der Waals surface area contributed by atoms with Gasteiger partial charge in [0.05, 0.1) is 0 Å². The lowest BCUT2D eigenvalue weighted by molar-refractivity contribution is 0.0946. The summed E-state index contributed by atoms with van der Waals surface area (Å²) in [4.78, 5) is 14.2. The first kappa shape index (κ1) is 19.8. The molecule has 2 aromatic rings. The van der Waals surface area contributed by atoms with Gasteiger partial charge in [-0.25, -0.2) is 0 Å². The van der Waals surface area contributed by atoms with Crippen molar-refractivity contribution in [2.24, 2.45) is 0 Å². The first-order chi connectivity index (χ1) is 12.3. The van der Waals surface area contributed by atoms with E-state index in [1.54, 1.807) is 12.1 Å². The highest BCUT2D eigenvalue weighted by atomic mass is 16.1. The van der Waals surface area contributed by atoms with Crippen LogP contribution in [0.3, 0.4) is 0 Å². The van der Waals surface area contributed by atoms with Crippen molar-refractivity contribution in [1.82, 2.24) is 20.4 Å². The fraction of sp³-hybridized carbons (Fsp3) is 0.450. The Morgan fingerprint density at radius 2 is 1.81 bits per heavy atom. The Bertz CT molecular complexity index is 720. The topological polar surface area (TPSA) is 70.2 Å². The Labute approximate surface area is 156 Å². The number of aromatic nitrogens is 2. The van der Waals surface area contributed by atoms with Gasteiger partial charge in [-0.1, -0.05) is 39.0 Å². The van der Waals surface area contributed by atoms with Crippen molar-refractivity contribution >= 4 is 17.4 Å². The molecule has 0 bridgehead atoms. The fourth-order valence-corrected chi connectivity index (χ4v) is 2.59. The van der Waals surface area contributed by atoms with Crippen LogP contribution in [0.4, 0.5) is 11.5 Å². The molecule has 0 saturated carbocycles. The molecule has 0 saturated heterocycles. The Kier molecular flexibility index (Phi) is 6.69. The Balaban J connectivity index is 1.99. The van der Waals surface area contributed by atoms with Crippen molar-refractivity contribution in [2.45, 2.75) is 32.6 Å². The monoisotopic (exact) mass is 355 g/mol. The fourth-order valence-electron chi connectivity index (χ4n) is 2.59. The van der Waals surface area contributed by atoms with Crippen LogP contribution in [0.1, 0.15) is 43.2 Å². The second-order valence-corrected chi connectivity index (χ2v) is 7.64. The predicted molar refractivity (Wildman–Crippen MR) is 106 cm³/mol. The molecule has 1 amide bonds. The van der Waals surface area contributed by atoms with Gasteiger partial charge in [0, 0.05) is 12.2 Å². The van der Waals surface area contributed by atoms with Crippen LogP contribution in [-0.4, -0.2) is 48.2 Å². The number of hydrogen-bond acceptors (Lipinski definition) is 5. The lowest BCUT2D eigenvalue weighted by Crippen LogP contribution is -2.28. The summed E-state index contributed by atoms with van der Waals surface area (Å²) in [7, 11) is 4.02. The molecule has 2 rings (SSSR count). The zero-order valence-corrected chi connectivity index (χ0v) is 16.3. The normalized spacial score (nSPS) is 11.5. The highest BCUT2D eigenvalue weighted by molar-refractivity contribution is 5.92. The van der Waals surface area contributed by atoms with E-state index in [4.69, 9.17) is 0 Å². The van der Waals surface area contributed by atoms with E-state index in [-0.39, 0.29) is 11.3 Å². The molecule has 2 N–H and O–H groups in total. The quantitative estimate of drug-likeness (QED) is 0.747. The van der Waals surface area contributed by atoms with Crippen molar-refractivity contribution in [3.8, 4) is 0 Å². The smallest absolute Gasteiger partial charge is 0.271 e. The van der Waals surface area contributed by atoms with Gasteiger partial charge < -0.3 is 15.5 Å². The van der Waals surface area contributed by atoms with E-state index in [0.717, 1.165) is 18.7 Å². The van der Waals surface area contributed by atoms with E-state index in [9.17, 15) is 4.79 Å². The van der Waals surface area contributed by atoms with Crippen molar-refractivity contribution in [2.75, 3.05) is 32.5 Å². The Morgan fingerprint density at radius 1 is 1.08 bits per heavy atom. The molecule has 0 atom stereocenters. The predicted octanol–water partition coefficient (Wildman–Crippen LogP) is 3.20. The average Bonchev–Trinajstić information content (AvgIpc) is 2.58. The highest BCUT2D eigenvalue weighted by Gasteiger charge is 2.17. The van der Waals surface area contributed by atoms with Crippen LogP contribution in [0.5, 0.6) is 0 Å². The maximum atomic E-state index is 12.1. The van der Waals surface area contributed by atoms with Gasteiger partial charge in [0.15, 0.2) is 11.5 Å². The molecule has 0 radical (unpaired) electrons. The van der Waals surface area contributed by atoms with E-state index in [2.05, 4.69) is 52.6 Å². The van der Waals surface area contributed by atoms with Gasteiger partial charge >= 0.3 is 0 Å². The maximum absolute atomic E-state index is 12.1. The number of hydrogen-bond donors (Lipinski definition) is 2. The molecule has 0 aliphatic carbocycles. The first-order valence-corrected chi connectivity index (χ1v) is 8.90. The second kappa shape index (κ2) is 8.76. The van der Waals surface area contributed by atoms with E-state index in [1.807, 2.05) is 32.3 Å². The molecule has 0 spiro atoms. The minimum atomic E-state index is -0.196. The second-order valence-electron chi connectivity index (χ2n) is 7.64. The number of nitrogens with one attached hydrogen (secondary N) is 2. The summed E-state index contributed by atoms with van der Waals surface area (Å²) in [6, 6.07) is 11.6. The number of para-hydroxylation sites is 1. The van der Waals surface area contributed by atoms with Crippen molar-refractivity contribution in [3.05, 3.63) is 47.7 Å². The molecule has 26 heavy (non-hydrogen) atoms. The number of rotatable bonds is 7. The lowest BCUT2D eigenvalue weighted by atomic mass is 9.86. The molecule has 0 unspecified atom stereocenters. The molecule has 0 fully saturated rings. The SMILES string of the molecule is CN(C)CCCNC(=O)c1ccc(Nc2ccccc2C(C)(C)C)nn1. The number of anilines is 2. The molecule has 140 valence electrons. The van der Waals surface area contributed by atoms with Crippen LogP contribution in [0.15, 0.2) is 36.4 Å². The molecular weight excluding hydrogens is 326 g/mol. The molecule has 6 nitrogen and oxygen atoms in total. The van der Waals surface area contributed by atoms with E-state index >= 15 is 0 Å². The summed E-state index contributed by atoms with van der Waals surface area (Å²) >= 11 is 0.